The lowest BCUT2D eigenvalue weighted by molar-refractivity contribution is -0.381. The topological polar surface area (TPSA) is 135 Å². The van der Waals surface area contributed by atoms with Crippen molar-refractivity contribution in [3.05, 3.63) is 11.1 Å². The summed E-state index contributed by atoms with van der Waals surface area (Å²) in [6, 6.07) is 0. The van der Waals surface area contributed by atoms with Gasteiger partial charge in [-0.15, -0.1) is 0 Å². The molecular formula is C22H28O10. The van der Waals surface area contributed by atoms with Crippen LogP contribution >= 0.6 is 0 Å². The number of hydrogen-bond acceptors (Lipinski definition) is 10. The van der Waals surface area contributed by atoms with Crippen molar-refractivity contribution in [3.8, 4) is 0 Å². The largest absolute Gasteiger partial charge is 0.459 e. The van der Waals surface area contributed by atoms with Crippen LogP contribution < -0.4 is 0 Å². The van der Waals surface area contributed by atoms with E-state index >= 15 is 0 Å². The molecule has 32 heavy (non-hydrogen) atoms. The average molecular weight is 452 g/mol. The molecule has 10 heteroatoms. The van der Waals surface area contributed by atoms with Crippen LogP contribution in [-0.4, -0.2) is 69.7 Å². The van der Waals surface area contributed by atoms with Gasteiger partial charge in [0.1, 0.15) is 11.7 Å². The monoisotopic (exact) mass is 452 g/mol. The minimum atomic E-state index is -2.03. The Morgan fingerprint density at radius 2 is 1.72 bits per heavy atom. The summed E-state index contributed by atoms with van der Waals surface area (Å²) in [4.78, 5) is 50.1. The Kier molecular flexibility index (Phi) is 4.73. The number of carbonyl (C=O) groups excluding carboxylic acids is 4. The van der Waals surface area contributed by atoms with Crippen molar-refractivity contribution in [3.63, 3.8) is 0 Å². The molecule has 2 aliphatic carbocycles. The van der Waals surface area contributed by atoms with Crippen LogP contribution in [0.1, 0.15) is 54.9 Å². The van der Waals surface area contributed by atoms with Gasteiger partial charge >= 0.3 is 17.9 Å². The number of hydrogen-bond donors (Lipinski definition) is 1. The van der Waals surface area contributed by atoms with E-state index in [4.69, 9.17) is 23.7 Å². The number of fused-ring (bicyclic) bond motifs is 2. The number of rotatable bonds is 2. The second kappa shape index (κ2) is 6.61. The quantitative estimate of drug-likeness (QED) is 0.472. The highest BCUT2D eigenvalue weighted by Crippen LogP contribution is 2.59. The first-order chi connectivity index (χ1) is 14.6. The molecule has 0 radical (unpaired) electrons. The van der Waals surface area contributed by atoms with Gasteiger partial charge in [-0.2, -0.15) is 0 Å². The SMILES string of the molecule is CC(=O)O[C@@H]1C(=O)C(C)=C2[C@H]1[C@@](C)(OC(C)=O)C[C@@H]1OC(C)(C)O[C@]3(C)C(=O)O[C@@H]2[C@@]13O. The van der Waals surface area contributed by atoms with Gasteiger partial charge in [-0.25, -0.2) is 4.79 Å². The molecule has 2 saturated heterocycles. The summed E-state index contributed by atoms with van der Waals surface area (Å²) in [5.74, 6) is -4.91. The van der Waals surface area contributed by atoms with Crippen LogP contribution in [0.4, 0.5) is 0 Å². The van der Waals surface area contributed by atoms with Crippen LogP contribution in [-0.2, 0) is 42.9 Å². The summed E-state index contributed by atoms with van der Waals surface area (Å²) >= 11 is 0. The first-order valence-corrected chi connectivity index (χ1v) is 10.5. The highest BCUT2D eigenvalue weighted by molar-refractivity contribution is 6.04. The lowest BCUT2D eigenvalue weighted by Crippen LogP contribution is -2.72. The van der Waals surface area contributed by atoms with E-state index in [1.807, 2.05) is 0 Å². The Labute approximate surface area is 185 Å². The molecule has 0 aromatic carbocycles. The fourth-order valence-electron chi connectivity index (χ4n) is 5.91. The Balaban J connectivity index is 1.98. The van der Waals surface area contributed by atoms with E-state index < -0.39 is 70.5 Å². The predicted molar refractivity (Wildman–Crippen MR) is 105 cm³/mol. The van der Waals surface area contributed by atoms with Gasteiger partial charge in [0.25, 0.3) is 0 Å². The summed E-state index contributed by atoms with van der Waals surface area (Å²) in [5, 5.41) is 12.0. The normalized spacial score (nSPS) is 44.4. The van der Waals surface area contributed by atoms with Gasteiger partial charge in [0, 0.05) is 20.3 Å². The lowest BCUT2D eigenvalue weighted by atomic mass is 9.74. The number of esters is 3. The highest BCUT2D eigenvalue weighted by Gasteiger charge is 2.79. The van der Waals surface area contributed by atoms with Gasteiger partial charge in [-0.05, 0) is 45.8 Å². The number of ketones is 1. The molecule has 0 spiro atoms. The molecule has 0 amide bonds. The van der Waals surface area contributed by atoms with Crippen LogP contribution in [0.5, 0.6) is 0 Å². The van der Waals surface area contributed by atoms with Gasteiger partial charge < -0.3 is 28.8 Å². The molecule has 0 aromatic rings. The van der Waals surface area contributed by atoms with Crippen molar-refractivity contribution in [2.75, 3.05) is 0 Å². The minimum Gasteiger partial charge on any atom is -0.459 e. The summed E-state index contributed by atoms with van der Waals surface area (Å²) in [5.41, 5.74) is -4.87. The summed E-state index contributed by atoms with van der Waals surface area (Å²) in [7, 11) is 0. The van der Waals surface area contributed by atoms with Crippen molar-refractivity contribution >= 4 is 23.7 Å². The van der Waals surface area contributed by atoms with Crippen LogP contribution in [0.3, 0.4) is 0 Å². The maximum Gasteiger partial charge on any atom is 0.342 e. The molecule has 2 aliphatic heterocycles. The molecule has 0 bridgehead atoms. The second-order valence-electron chi connectivity index (χ2n) is 9.82. The Morgan fingerprint density at radius 1 is 1.09 bits per heavy atom. The fourth-order valence-corrected chi connectivity index (χ4v) is 5.91. The average Bonchev–Trinajstić information content (AvgIpc) is 2.94. The molecule has 4 aliphatic rings. The lowest BCUT2D eigenvalue weighted by Gasteiger charge is -2.52. The van der Waals surface area contributed by atoms with Crippen molar-refractivity contribution in [2.45, 2.75) is 95.8 Å². The Bertz CT molecular complexity index is 966. The number of carbonyl (C=O) groups is 4. The third kappa shape index (κ3) is 2.82. The predicted octanol–water partition coefficient (Wildman–Crippen LogP) is 0.726. The van der Waals surface area contributed by atoms with Crippen molar-refractivity contribution in [1.29, 1.82) is 0 Å². The molecule has 1 saturated carbocycles. The van der Waals surface area contributed by atoms with Crippen molar-refractivity contribution < 1.29 is 48.0 Å². The molecule has 4 rings (SSSR count). The van der Waals surface area contributed by atoms with Gasteiger partial charge in [0.15, 0.2) is 29.4 Å². The first kappa shape index (κ1) is 22.9. The van der Waals surface area contributed by atoms with E-state index in [0.29, 0.717) is 0 Å². The van der Waals surface area contributed by atoms with E-state index in [-0.39, 0.29) is 17.6 Å². The van der Waals surface area contributed by atoms with Crippen LogP contribution in [0.2, 0.25) is 0 Å². The van der Waals surface area contributed by atoms with E-state index in [2.05, 4.69) is 0 Å². The zero-order valence-electron chi connectivity index (χ0n) is 19.1. The van der Waals surface area contributed by atoms with Crippen molar-refractivity contribution in [2.24, 2.45) is 5.92 Å². The molecule has 2 heterocycles. The van der Waals surface area contributed by atoms with E-state index in [1.165, 1.54) is 27.7 Å². The molecular weight excluding hydrogens is 424 g/mol. The molecule has 1 N–H and O–H groups in total. The minimum absolute atomic E-state index is 0.106. The van der Waals surface area contributed by atoms with E-state index in [1.54, 1.807) is 20.8 Å². The second-order valence-corrected chi connectivity index (χ2v) is 9.82. The molecule has 7 atom stereocenters. The summed E-state index contributed by atoms with van der Waals surface area (Å²) in [6.07, 6.45) is -3.82. The third-order valence-corrected chi connectivity index (χ3v) is 7.04. The summed E-state index contributed by atoms with van der Waals surface area (Å²) in [6.45, 7) is 10.1. The fraction of sp³-hybridized carbons (Fsp3) is 0.727. The zero-order valence-corrected chi connectivity index (χ0v) is 19.1. The maximum atomic E-state index is 13.1. The molecule has 0 aromatic heterocycles. The van der Waals surface area contributed by atoms with Crippen LogP contribution in [0.15, 0.2) is 11.1 Å². The van der Waals surface area contributed by atoms with Crippen LogP contribution in [0.25, 0.3) is 0 Å². The van der Waals surface area contributed by atoms with Crippen LogP contribution in [0, 0.1) is 5.92 Å². The first-order valence-electron chi connectivity index (χ1n) is 10.5. The molecule has 0 unspecified atom stereocenters. The number of Topliss-reactive ketones (excluding diaryl/α,β-unsaturated/α-hetero) is 1. The standard InChI is InChI=1S/C22H28O10/c1-9-13-14(16(15(9)25)28-10(2)23)20(6,30-11(3)24)8-12-22(27)17(13)29-18(26)21(22,7)32-19(4,5)31-12/h12,14,16-17,27H,8H2,1-7H3/t12-,14+,16-,17-,20-,21+,22-/m0/s1. The Hall–Kier alpha value is -2.30. The van der Waals surface area contributed by atoms with Gasteiger partial charge in [0.2, 0.25) is 5.60 Å². The zero-order chi connectivity index (χ0) is 24.0. The smallest absolute Gasteiger partial charge is 0.342 e. The van der Waals surface area contributed by atoms with Gasteiger partial charge in [0.05, 0.1) is 5.92 Å². The molecule has 176 valence electrons. The van der Waals surface area contributed by atoms with E-state index in [0.717, 1.165) is 0 Å². The third-order valence-electron chi connectivity index (χ3n) is 7.04. The maximum absolute atomic E-state index is 13.1. The van der Waals surface area contributed by atoms with Gasteiger partial charge in [-0.3, -0.25) is 14.4 Å². The highest BCUT2D eigenvalue weighted by atomic mass is 16.8. The summed E-state index contributed by atoms with van der Waals surface area (Å²) < 4.78 is 28.7. The number of ether oxygens (including phenoxy) is 5. The molecule has 10 nitrogen and oxygen atoms in total. The van der Waals surface area contributed by atoms with Crippen molar-refractivity contribution in [1.82, 2.24) is 0 Å². The van der Waals surface area contributed by atoms with Gasteiger partial charge in [-0.1, -0.05) is 0 Å². The molecule has 3 fully saturated rings. The number of aliphatic hydroxyl groups is 1. The Morgan fingerprint density at radius 3 is 2.28 bits per heavy atom. The van der Waals surface area contributed by atoms with E-state index in [9.17, 15) is 24.3 Å².